The summed E-state index contributed by atoms with van der Waals surface area (Å²) < 4.78 is 159. The van der Waals surface area contributed by atoms with Gasteiger partial charge in [0.15, 0.2) is 5.78 Å². The smallest absolute Gasteiger partial charge is 0.159 e. The van der Waals surface area contributed by atoms with Crippen LogP contribution in [0.3, 0.4) is 0 Å². The zero-order valence-electron chi connectivity index (χ0n) is 39.8. The fourth-order valence-electron chi connectivity index (χ4n) is 3.23. The van der Waals surface area contributed by atoms with Crippen molar-refractivity contribution in [2.75, 3.05) is 32.4 Å². The molecule has 9 heteroatoms. The third-order valence-electron chi connectivity index (χ3n) is 4.93. The molecule has 2 aromatic carbocycles. The van der Waals surface area contributed by atoms with Crippen molar-refractivity contribution in [2.24, 2.45) is 0 Å². The Hall–Kier alpha value is -4.45. The molecule has 0 aliphatic carbocycles. The normalized spacial score (nSPS) is 18.9. The molecule has 41 heavy (non-hydrogen) atoms. The second-order valence-corrected chi connectivity index (χ2v) is 8.45. The number of allylic oxidation sites excluding steroid dienone is 1. The van der Waals surface area contributed by atoms with E-state index in [1.54, 1.807) is 6.07 Å². The molecule has 0 radical (unpaired) electrons. The van der Waals surface area contributed by atoms with E-state index in [2.05, 4.69) is 15.3 Å². The number of hydrogen-bond acceptors (Lipinski definition) is 8. The van der Waals surface area contributed by atoms with Crippen molar-refractivity contribution in [1.82, 2.24) is 14.9 Å². The molecule has 0 saturated heterocycles. The number of hydrogen-bond donors (Lipinski definition) is 1. The summed E-state index contributed by atoms with van der Waals surface area (Å²) in [4.78, 5) is 21.9. The molecule has 1 N–H and O–H groups in total. The molecule has 0 unspecified atom stereocenters. The number of pyridine rings is 2. The molecule has 2 heterocycles. The number of ketones is 1. The quantitative estimate of drug-likeness (QED) is 0.190. The van der Waals surface area contributed by atoms with Gasteiger partial charge >= 0.3 is 0 Å². The summed E-state index contributed by atoms with van der Waals surface area (Å²) in [5.41, 5.74) is -3.96. The largest absolute Gasteiger partial charge is 0.494 e. The van der Waals surface area contributed by atoms with Crippen molar-refractivity contribution in [3.63, 3.8) is 0 Å². The summed E-state index contributed by atoms with van der Waals surface area (Å²) in [6.45, 7) is -6.81. The van der Waals surface area contributed by atoms with Crippen molar-refractivity contribution in [2.45, 2.75) is 26.8 Å². The highest BCUT2D eigenvalue weighted by Gasteiger charge is 2.16. The number of nitrogens with one attached hydrogen (secondary N) is 1. The van der Waals surface area contributed by atoms with E-state index in [-0.39, 0.29) is 5.69 Å². The molecule has 0 bridgehead atoms. The average molecular weight is 588 g/mol. The first-order chi connectivity index (χ1) is 27.0. The Bertz CT molecular complexity index is 2460. The number of nitriles is 1. The van der Waals surface area contributed by atoms with Crippen LogP contribution in [-0.4, -0.2) is 47.8 Å². The third-order valence-corrected chi connectivity index (χ3v) is 5.20. The van der Waals surface area contributed by atoms with Gasteiger partial charge in [-0.05, 0) is 70.2 Å². The highest BCUT2D eigenvalue weighted by Crippen LogP contribution is 2.36. The molecule has 0 saturated carbocycles. The molecule has 0 spiro atoms. The highest BCUT2D eigenvalue weighted by atomic mass is 35.5. The van der Waals surface area contributed by atoms with Gasteiger partial charge < -0.3 is 19.7 Å². The highest BCUT2D eigenvalue weighted by molar-refractivity contribution is 6.32. The number of nitrogens with zero attached hydrogens (tertiary/aromatic N) is 4. The molecule has 4 aromatic rings. The summed E-state index contributed by atoms with van der Waals surface area (Å²) >= 11 is 6.42. The zero-order chi connectivity index (χ0) is 45.0. The van der Waals surface area contributed by atoms with Crippen molar-refractivity contribution in [1.29, 1.82) is 5.26 Å². The van der Waals surface area contributed by atoms with Crippen LogP contribution in [0.25, 0.3) is 10.9 Å². The van der Waals surface area contributed by atoms with Gasteiger partial charge in [-0.3, -0.25) is 14.8 Å². The summed E-state index contributed by atoms with van der Waals surface area (Å²) in [7, 11) is 1.13. The van der Waals surface area contributed by atoms with E-state index in [1.807, 2.05) is 0 Å². The van der Waals surface area contributed by atoms with Crippen molar-refractivity contribution >= 4 is 39.7 Å². The summed E-state index contributed by atoms with van der Waals surface area (Å²) in [5, 5.41) is 11.4. The van der Waals surface area contributed by atoms with Crippen molar-refractivity contribution in [3.05, 3.63) is 94.2 Å². The molecule has 0 fully saturated rings. The minimum absolute atomic E-state index is 0.125. The van der Waals surface area contributed by atoms with E-state index in [4.69, 9.17) is 44.4 Å². The van der Waals surface area contributed by atoms with Crippen LogP contribution >= 0.6 is 11.6 Å². The van der Waals surface area contributed by atoms with Crippen molar-refractivity contribution < 1.29 is 38.9 Å². The number of fused-ring (bicyclic) bond motifs is 1. The molecule has 2 aromatic heterocycles. The van der Waals surface area contributed by atoms with Gasteiger partial charge in [0.05, 0.1) is 54.6 Å². The van der Waals surface area contributed by atoms with Crippen LogP contribution in [0.2, 0.25) is 5.02 Å². The van der Waals surface area contributed by atoms with Gasteiger partial charge in [-0.1, -0.05) is 23.7 Å². The molecule has 0 amide bonds. The predicted molar refractivity (Wildman–Crippen MR) is 162 cm³/mol. The number of benzene rings is 2. The summed E-state index contributed by atoms with van der Waals surface area (Å²) in [6, 6.07) is -6.33. The van der Waals surface area contributed by atoms with Crippen LogP contribution in [-0.2, 0) is 17.8 Å². The molecular weight excluding hydrogens is 538 g/mol. The Morgan fingerprint density at radius 2 is 2.15 bits per heavy atom. The lowest BCUT2D eigenvalue weighted by atomic mass is 10.0. The van der Waals surface area contributed by atoms with E-state index < -0.39 is 161 Å². The SMILES string of the molecule is [2H]/C(CN(C)C([2H])([2H])[2H])=C(/[2H])C(=O)Cc1c(OC([2H])([2H])C)c([2H])c2nc([2H])c(C#N)c(Nc3c([2H])c([2H])c(OC([2H])([2H])c4nc(C)c([2H])c([2H])c4[2H])c(Cl)c3[2H])c2c1[2H]. The number of likely N-dealkylation sites (N-methyl/N-ethyl adjacent to an activating group) is 1. The van der Waals surface area contributed by atoms with Crippen LogP contribution in [0.15, 0.2) is 66.6 Å². The fraction of sp³-hybridized carbons (Fsp3) is 0.250. The third kappa shape index (κ3) is 7.82. The maximum absolute atomic E-state index is 13.4. The standard InChI is InChI=1S/C32H32ClN5O3/c1-5-40-31-17-29-27(15-22(31)14-26(39)10-7-13-38(3)4)32(23(18-34)19-35-29)37-24-11-12-30(28(33)16-24)41-20-25-9-6-8-21(2)36-25/h6-12,15-17,19H,5,13-14,20H2,1-4H3,(H,35,37)/b10-7+/i3D3,5D2,6D,7D,8D,9D,10D,11D,12D,15D,16D,17D,19D,20D2. The lowest BCUT2D eigenvalue weighted by Crippen LogP contribution is -2.11. The fourth-order valence-corrected chi connectivity index (χ4v) is 3.41. The lowest BCUT2D eigenvalue weighted by molar-refractivity contribution is -0.114. The molecule has 210 valence electrons. The number of ether oxygens (including phenoxy) is 2. The van der Waals surface area contributed by atoms with Gasteiger partial charge in [0.2, 0.25) is 0 Å². The molecular formula is C32H32ClN5O3. The molecule has 0 aliphatic heterocycles. The summed E-state index contributed by atoms with van der Waals surface area (Å²) in [6.07, 6.45) is -1.84. The van der Waals surface area contributed by atoms with Crippen LogP contribution in [0, 0.1) is 18.3 Å². The monoisotopic (exact) mass is 587 g/mol. The second-order valence-electron chi connectivity index (χ2n) is 8.07. The minimum Gasteiger partial charge on any atom is -0.494 e. The Morgan fingerprint density at radius 3 is 2.93 bits per heavy atom. The van der Waals surface area contributed by atoms with Gasteiger partial charge in [0.1, 0.15) is 24.1 Å². The van der Waals surface area contributed by atoms with Gasteiger partial charge in [-0.25, -0.2) is 0 Å². The Morgan fingerprint density at radius 1 is 1.29 bits per heavy atom. The number of aromatic nitrogens is 2. The topological polar surface area (TPSA) is 100 Å². The van der Waals surface area contributed by atoms with Crippen LogP contribution in [0.5, 0.6) is 11.5 Å². The number of aryl methyl sites for hydroxylation is 1. The first-order valence-corrected chi connectivity index (χ1v) is 12.0. The first kappa shape index (κ1) is 13.9. The second kappa shape index (κ2) is 13.8. The number of carbonyl (C=O) groups excluding carboxylic acids is 1. The average Bonchev–Trinajstić information content (AvgIpc) is 3.13. The van der Waals surface area contributed by atoms with Crippen LogP contribution in [0.1, 0.15) is 54.1 Å². The van der Waals surface area contributed by atoms with Gasteiger partial charge in [0.25, 0.3) is 0 Å². The summed E-state index contributed by atoms with van der Waals surface area (Å²) in [5.74, 6) is -2.82. The number of carbonyl (C=O) groups is 1. The lowest BCUT2D eigenvalue weighted by Gasteiger charge is -2.16. The van der Waals surface area contributed by atoms with Crippen LogP contribution in [0.4, 0.5) is 11.4 Å². The Balaban J connectivity index is 1.97. The van der Waals surface area contributed by atoms with Crippen LogP contribution < -0.4 is 14.8 Å². The van der Waals surface area contributed by atoms with Crippen molar-refractivity contribution in [3.8, 4) is 17.6 Å². The minimum atomic E-state index is -3.11. The van der Waals surface area contributed by atoms with E-state index in [9.17, 15) is 11.4 Å². The Kier molecular flexibility index (Phi) is 4.68. The molecule has 0 atom stereocenters. The number of halogens is 1. The number of anilines is 2. The predicted octanol–water partition coefficient (Wildman–Crippen LogP) is 6.41. The molecule has 0 aliphatic rings. The van der Waals surface area contributed by atoms with Gasteiger partial charge in [0, 0.05) is 51.6 Å². The van der Waals surface area contributed by atoms with E-state index in [0.29, 0.717) is 0 Å². The van der Waals surface area contributed by atoms with E-state index >= 15 is 0 Å². The van der Waals surface area contributed by atoms with Gasteiger partial charge in [-0.2, -0.15) is 5.26 Å². The molecule has 8 nitrogen and oxygen atoms in total. The zero-order valence-corrected chi connectivity index (χ0v) is 22.6. The first-order valence-electron chi connectivity index (χ1n) is 20.6. The maximum atomic E-state index is 13.4. The van der Waals surface area contributed by atoms with E-state index in [1.165, 1.54) is 6.92 Å². The van der Waals surface area contributed by atoms with Gasteiger partial charge in [-0.15, -0.1) is 0 Å². The van der Waals surface area contributed by atoms with E-state index in [0.717, 1.165) is 18.9 Å². The number of rotatable bonds is 12. The maximum Gasteiger partial charge on any atom is 0.159 e. The molecule has 4 rings (SSSR count). The Labute approximate surface area is 270 Å².